The number of hydrogen-bond donors (Lipinski definition) is 1. The molecule has 4 heteroatoms. The van der Waals surface area contributed by atoms with Gasteiger partial charge in [0.2, 0.25) is 0 Å². The Labute approximate surface area is 116 Å². The van der Waals surface area contributed by atoms with Gasteiger partial charge in [0.05, 0.1) is 15.4 Å². The third kappa shape index (κ3) is 1.47. The smallest absolute Gasteiger partial charge is 0.0639 e. The molecule has 2 aliphatic heterocycles. The van der Waals surface area contributed by atoms with Crippen molar-refractivity contribution < 1.29 is 0 Å². The van der Waals surface area contributed by atoms with Gasteiger partial charge in [-0.05, 0) is 24.6 Å². The average Bonchev–Trinajstić information content (AvgIpc) is 2.57. The number of aryl methyl sites for hydroxylation is 1. The number of hydrogen-bond acceptors (Lipinski definition) is 2. The van der Waals surface area contributed by atoms with Crippen molar-refractivity contribution in [2.45, 2.75) is 24.3 Å². The van der Waals surface area contributed by atoms with Gasteiger partial charge in [0.1, 0.15) is 0 Å². The maximum absolute atomic E-state index is 6.36. The molecule has 1 aromatic heterocycles. The van der Waals surface area contributed by atoms with E-state index in [9.17, 15) is 0 Å². The molecule has 0 spiro atoms. The topological polar surface area (TPSA) is 17.0 Å². The van der Waals surface area contributed by atoms with Gasteiger partial charge in [0, 0.05) is 36.3 Å². The minimum atomic E-state index is 0.916. The van der Waals surface area contributed by atoms with Crippen LogP contribution in [0.25, 0.3) is 10.9 Å². The van der Waals surface area contributed by atoms with E-state index in [1.807, 2.05) is 11.8 Å². The highest BCUT2D eigenvalue weighted by Crippen LogP contribution is 2.42. The van der Waals surface area contributed by atoms with Gasteiger partial charge in [-0.2, -0.15) is 0 Å². The predicted molar refractivity (Wildman–Crippen MR) is 77.9 cm³/mol. The number of rotatable bonds is 0. The highest BCUT2D eigenvalue weighted by Gasteiger charge is 2.24. The number of nitrogens with zero attached hydrogens (tertiary/aromatic N) is 1. The maximum Gasteiger partial charge on any atom is 0.0639 e. The molecule has 2 aromatic rings. The average molecular weight is 279 g/mol. The number of nitrogens with one attached hydrogen (secondary N) is 1. The van der Waals surface area contributed by atoms with Gasteiger partial charge in [-0.3, -0.25) is 0 Å². The minimum absolute atomic E-state index is 0.916. The van der Waals surface area contributed by atoms with Crippen LogP contribution in [0, 0.1) is 0 Å². The Morgan fingerprint density at radius 3 is 3.06 bits per heavy atom. The molecule has 1 N–H and O–H groups in total. The lowest BCUT2D eigenvalue weighted by molar-refractivity contribution is 0.682. The van der Waals surface area contributed by atoms with Crippen LogP contribution in [0.1, 0.15) is 11.3 Å². The molecule has 0 unspecified atom stereocenters. The van der Waals surface area contributed by atoms with E-state index in [0.717, 1.165) is 43.3 Å². The third-order valence-corrected chi connectivity index (χ3v) is 5.52. The molecule has 18 heavy (non-hydrogen) atoms. The first-order valence-corrected chi connectivity index (χ1v) is 7.88. The maximum atomic E-state index is 6.36. The largest absolute Gasteiger partial charge is 0.342 e. The van der Waals surface area contributed by atoms with Crippen molar-refractivity contribution in [1.82, 2.24) is 9.88 Å². The fourth-order valence-corrected chi connectivity index (χ4v) is 4.60. The Balaban J connectivity index is 2.10. The van der Waals surface area contributed by atoms with Crippen LogP contribution in [0.4, 0.5) is 0 Å². The molecule has 2 aliphatic rings. The number of benzene rings is 1. The summed E-state index contributed by atoms with van der Waals surface area (Å²) in [7, 11) is 0. The SMILES string of the molecule is Clc1ccc2c3c(n4c2c1SCC4)CCNCC3. The first-order chi connectivity index (χ1) is 8.86. The number of halogens is 1. The normalized spacial score (nSPS) is 18.7. The van der Waals surface area contributed by atoms with Gasteiger partial charge in [-0.25, -0.2) is 0 Å². The van der Waals surface area contributed by atoms with E-state index in [2.05, 4.69) is 22.0 Å². The lowest BCUT2D eigenvalue weighted by Crippen LogP contribution is -2.18. The summed E-state index contributed by atoms with van der Waals surface area (Å²) >= 11 is 8.27. The van der Waals surface area contributed by atoms with E-state index in [0.29, 0.717) is 0 Å². The molecule has 0 fully saturated rings. The summed E-state index contributed by atoms with van der Waals surface area (Å²) in [4.78, 5) is 1.29. The van der Waals surface area contributed by atoms with E-state index in [1.54, 1.807) is 11.3 Å². The van der Waals surface area contributed by atoms with Crippen molar-refractivity contribution >= 4 is 34.3 Å². The van der Waals surface area contributed by atoms with Crippen molar-refractivity contribution in [2.24, 2.45) is 0 Å². The van der Waals surface area contributed by atoms with Crippen LogP contribution in [-0.2, 0) is 19.4 Å². The summed E-state index contributed by atoms with van der Waals surface area (Å²) < 4.78 is 2.52. The molecule has 3 heterocycles. The minimum Gasteiger partial charge on any atom is -0.342 e. The van der Waals surface area contributed by atoms with E-state index < -0.39 is 0 Å². The van der Waals surface area contributed by atoms with Gasteiger partial charge in [0.25, 0.3) is 0 Å². The van der Waals surface area contributed by atoms with Crippen LogP contribution in [0.2, 0.25) is 5.02 Å². The fourth-order valence-electron chi connectivity index (χ4n) is 3.24. The third-order valence-electron chi connectivity index (χ3n) is 4.00. The molecule has 1 aromatic carbocycles. The van der Waals surface area contributed by atoms with E-state index in [1.165, 1.54) is 15.8 Å². The van der Waals surface area contributed by atoms with Crippen molar-refractivity contribution in [2.75, 3.05) is 18.8 Å². The Kier molecular flexibility index (Phi) is 2.61. The van der Waals surface area contributed by atoms with Crippen molar-refractivity contribution in [3.05, 3.63) is 28.4 Å². The van der Waals surface area contributed by atoms with Crippen LogP contribution >= 0.6 is 23.4 Å². The predicted octanol–water partition coefficient (Wildman–Crippen LogP) is 3.09. The second kappa shape index (κ2) is 4.19. The zero-order valence-electron chi connectivity index (χ0n) is 10.1. The highest BCUT2D eigenvalue weighted by molar-refractivity contribution is 7.99. The zero-order chi connectivity index (χ0) is 12.1. The molecule has 0 saturated carbocycles. The van der Waals surface area contributed by atoms with Gasteiger partial charge in [-0.15, -0.1) is 11.8 Å². The van der Waals surface area contributed by atoms with Crippen LogP contribution in [0.5, 0.6) is 0 Å². The van der Waals surface area contributed by atoms with E-state index >= 15 is 0 Å². The quantitative estimate of drug-likeness (QED) is 0.798. The molecule has 0 saturated heterocycles. The van der Waals surface area contributed by atoms with Crippen LogP contribution in [0.15, 0.2) is 17.0 Å². The first-order valence-electron chi connectivity index (χ1n) is 6.52. The second-order valence-electron chi connectivity index (χ2n) is 4.95. The summed E-state index contributed by atoms with van der Waals surface area (Å²) in [6.45, 7) is 3.32. The monoisotopic (exact) mass is 278 g/mol. The molecule has 0 atom stereocenters. The van der Waals surface area contributed by atoms with Crippen LogP contribution in [-0.4, -0.2) is 23.4 Å². The summed E-state index contributed by atoms with van der Waals surface area (Å²) in [5.41, 5.74) is 4.49. The second-order valence-corrected chi connectivity index (χ2v) is 6.46. The number of thioether (sulfide) groups is 1. The molecular weight excluding hydrogens is 264 g/mol. The summed E-state index contributed by atoms with van der Waals surface area (Å²) in [6.07, 6.45) is 2.29. The Hall–Kier alpha value is -0.640. The van der Waals surface area contributed by atoms with E-state index in [4.69, 9.17) is 11.6 Å². The summed E-state index contributed by atoms with van der Waals surface area (Å²) in [5.74, 6) is 1.14. The Morgan fingerprint density at radius 1 is 1.22 bits per heavy atom. The van der Waals surface area contributed by atoms with Crippen molar-refractivity contribution in [1.29, 1.82) is 0 Å². The van der Waals surface area contributed by atoms with Gasteiger partial charge in [-0.1, -0.05) is 17.7 Å². The summed E-state index contributed by atoms with van der Waals surface area (Å²) in [5, 5.41) is 5.84. The zero-order valence-corrected chi connectivity index (χ0v) is 11.7. The van der Waals surface area contributed by atoms with Crippen LogP contribution in [0.3, 0.4) is 0 Å². The summed E-state index contributed by atoms with van der Waals surface area (Å²) in [6, 6.07) is 4.29. The lowest BCUT2D eigenvalue weighted by Gasteiger charge is -2.18. The molecule has 2 nitrogen and oxygen atoms in total. The fraction of sp³-hybridized carbons (Fsp3) is 0.429. The van der Waals surface area contributed by atoms with Gasteiger partial charge >= 0.3 is 0 Å². The van der Waals surface area contributed by atoms with E-state index in [-0.39, 0.29) is 0 Å². The molecule has 4 rings (SSSR count). The van der Waals surface area contributed by atoms with Crippen LogP contribution < -0.4 is 5.32 Å². The van der Waals surface area contributed by atoms with Gasteiger partial charge < -0.3 is 9.88 Å². The lowest BCUT2D eigenvalue weighted by atomic mass is 10.1. The molecule has 0 bridgehead atoms. The van der Waals surface area contributed by atoms with Crippen molar-refractivity contribution in [3.8, 4) is 0 Å². The number of aromatic nitrogens is 1. The van der Waals surface area contributed by atoms with Gasteiger partial charge in [0.15, 0.2) is 0 Å². The molecule has 0 radical (unpaired) electrons. The molecule has 94 valence electrons. The van der Waals surface area contributed by atoms with Crippen molar-refractivity contribution in [3.63, 3.8) is 0 Å². The number of fused-ring (bicyclic) bond motifs is 3. The molecule has 0 amide bonds. The Bertz CT molecular complexity index is 632. The molecular formula is C14H15ClN2S. The first kappa shape index (κ1) is 11.2. The standard InChI is InChI=1S/C14H15ClN2S/c15-11-2-1-10-9-3-5-16-6-4-12(9)17-7-8-18-14(11)13(10)17/h1-2,16H,3-8H2. The Morgan fingerprint density at radius 2 is 2.11 bits per heavy atom. The highest BCUT2D eigenvalue weighted by atomic mass is 35.5. The molecule has 0 aliphatic carbocycles.